The van der Waals surface area contributed by atoms with Crippen LogP contribution < -0.4 is 5.73 Å². The number of nitrogens with two attached hydrogens (primary N) is 1. The maximum absolute atomic E-state index is 6.02. The molecule has 0 saturated carbocycles. The Balaban J connectivity index is 2.16. The van der Waals surface area contributed by atoms with Gasteiger partial charge in [0.15, 0.2) is 5.82 Å². The Labute approximate surface area is 89.0 Å². The zero-order chi connectivity index (χ0) is 10.9. The molecule has 2 atom stereocenters. The predicted molar refractivity (Wildman–Crippen MR) is 54.1 cm³/mol. The van der Waals surface area contributed by atoms with Crippen LogP contribution in [0.25, 0.3) is 0 Å². The third kappa shape index (κ3) is 2.03. The van der Waals surface area contributed by atoms with E-state index in [2.05, 4.69) is 10.1 Å². The van der Waals surface area contributed by atoms with Crippen LogP contribution in [0.1, 0.15) is 50.9 Å². The normalized spacial score (nSPS) is 25.4. The lowest BCUT2D eigenvalue weighted by Gasteiger charge is -2.16. The molecule has 1 aliphatic heterocycles. The third-order valence-electron chi connectivity index (χ3n) is 2.89. The summed E-state index contributed by atoms with van der Waals surface area (Å²) in [7, 11) is 0. The Morgan fingerprint density at radius 1 is 1.60 bits per heavy atom. The molecule has 1 saturated heterocycles. The molecule has 5 heteroatoms. The van der Waals surface area contributed by atoms with Gasteiger partial charge in [-0.3, -0.25) is 0 Å². The van der Waals surface area contributed by atoms with E-state index in [4.69, 9.17) is 15.0 Å². The van der Waals surface area contributed by atoms with E-state index in [0.717, 1.165) is 25.9 Å². The highest BCUT2D eigenvalue weighted by atomic mass is 16.5. The molecule has 1 fully saturated rings. The van der Waals surface area contributed by atoms with Crippen molar-refractivity contribution in [2.75, 3.05) is 6.61 Å². The lowest BCUT2D eigenvalue weighted by atomic mass is 10.0. The summed E-state index contributed by atoms with van der Waals surface area (Å²) >= 11 is 0. The van der Waals surface area contributed by atoms with Crippen molar-refractivity contribution < 1.29 is 9.26 Å². The molecule has 0 bridgehead atoms. The SMILES string of the molecule is CCC(C)(N)c1noc(C2CCCO2)n1. The average Bonchev–Trinajstić information content (AvgIpc) is 2.88. The van der Waals surface area contributed by atoms with Crippen LogP contribution in [0.15, 0.2) is 4.52 Å². The van der Waals surface area contributed by atoms with Crippen LogP contribution in [0.5, 0.6) is 0 Å². The summed E-state index contributed by atoms with van der Waals surface area (Å²) in [5.41, 5.74) is 5.51. The minimum absolute atomic E-state index is 0.0288. The van der Waals surface area contributed by atoms with Crippen LogP contribution in [0.2, 0.25) is 0 Å². The van der Waals surface area contributed by atoms with Crippen LogP contribution in [-0.4, -0.2) is 16.7 Å². The first kappa shape index (κ1) is 10.6. The smallest absolute Gasteiger partial charge is 0.255 e. The number of hydrogen-bond acceptors (Lipinski definition) is 5. The van der Waals surface area contributed by atoms with Crippen molar-refractivity contribution in [1.82, 2.24) is 10.1 Å². The Hall–Kier alpha value is -0.940. The molecule has 0 amide bonds. The van der Waals surface area contributed by atoms with Gasteiger partial charge in [0.2, 0.25) is 0 Å². The quantitative estimate of drug-likeness (QED) is 0.820. The van der Waals surface area contributed by atoms with E-state index in [1.54, 1.807) is 0 Å². The largest absolute Gasteiger partial charge is 0.368 e. The first-order valence-electron chi connectivity index (χ1n) is 5.38. The summed E-state index contributed by atoms with van der Waals surface area (Å²) in [5, 5.41) is 3.91. The van der Waals surface area contributed by atoms with Gasteiger partial charge < -0.3 is 15.0 Å². The highest BCUT2D eigenvalue weighted by Crippen LogP contribution is 2.28. The molecular formula is C10H17N3O2. The van der Waals surface area contributed by atoms with Crippen molar-refractivity contribution in [3.8, 4) is 0 Å². The topological polar surface area (TPSA) is 74.2 Å². The molecule has 0 aliphatic carbocycles. The molecule has 0 aromatic carbocycles. The molecular weight excluding hydrogens is 194 g/mol. The van der Waals surface area contributed by atoms with Gasteiger partial charge in [-0.2, -0.15) is 4.98 Å². The van der Waals surface area contributed by atoms with Gasteiger partial charge in [0.1, 0.15) is 6.10 Å². The molecule has 1 aromatic rings. The minimum Gasteiger partial charge on any atom is -0.368 e. The van der Waals surface area contributed by atoms with Gasteiger partial charge in [-0.25, -0.2) is 0 Å². The fourth-order valence-electron chi connectivity index (χ4n) is 1.53. The lowest BCUT2D eigenvalue weighted by Crippen LogP contribution is -2.33. The monoisotopic (exact) mass is 211 g/mol. The van der Waals surface area contributed by atoms with Gasteiger partial charge in [0.25, 0.3) is 5.89 Å². The zero-order valence-corrected chi connectivity index (χ0v) is 9.19. The van der Waals surface area contributed by atoms with Crippen LogP contribution in [0, 0.1) is 0 Å². The number of rotatable bonds is 3. The second kappa shape index (κ2) is 3.90. The van der Waals surface area contributed by atoms with Crippen molar-refractivity contribution in [2.45, 2.75) is 44.8 Å². The molecule has 84 valence electrons. The van der Waals surface area contributed by atoms with E-state index < -0.39 is 5.54 Å². The maximum Gasteiger partial charge on any atom is 0.255 e. The second-order valence-corrected chi connectivity index (χ2v) is 4.23. The van der Waals surface area contributed by atoms with Crippen molar-refractivity contribution in [1.29, 1.82) is 0 Å². The van der Waals surface area contributed by atoms with Crippen molar-refractivity contribution >= 4 is 0 Å². The van der Waals surface area contributed by atoms with Crippen LogP contribution in [-0.2, 0) is 10.3 Å². The van der Waals surface area contributed by atoms with E-state index in [1.807, 2.05) is 13.8 Å². The lowest BCUT2D eigenvalue weighted by molar-refractivity contribution is 0.0835. The molecule has 15 heavy (non-hydrogen) atoms. The van der Waals surface area contributed by atoms with Gasteiger partial charge >= 0.3 is 0 Å². The summed E-state index contributed by atoms with van der Waals surface area (Å²) < 4.78 is 10.6. The van der Waals surface area contributed by atoms with Crippen molar-refractivity contribution in [2.24, 2.45) is 5.73 Å². The first-order chi connectivity index (χ1) is 7.13. The highest BCUT2D eigenvalue weighted by molar-refractivity contribution is 5.02. The van der Waals surface area contributed by atoms with Crippen molar-refractivity contribution in [3.05, 3.63) is 11.7 Å². The molecule has 2 heterocycles. The van der Waals surface area contributed by atoms with Gasteiger partial charge in [-0.1, -0.05) is 12.1 Å². The van der Waals surface area contributed by atoms with E-state index in [1.165, 1.54) is 0 Å². The maximum atomic E-state index is 6.02. The molecule has 0 radical (unpaired) electrons. The van der Waals surface area contributed by atoms with E-state index >= 15 is 0 Å². The standard InChI is InChI=1S/C10H17N3O2/c1-3-10(2,11)9-12-8(15-13-9)7-5-4-6-14-7/h7H,3-6,11H2,1-2H3. The molecule has 2 rings (SSSR count). The third-order valence-corrected chi connectivity index (χ3v) is 2.89. The highest BCUT2D eigenvalue weighted by Gasteiger charge is 2.29. The van der Waals surface area contributed by atoms with Crippen molar-refractivity contribution in [3.63, 3.8) is 0 Å². The molecule has 2 unspecified atom stereocenters. The summed E-state index contributed by atoms with van der Waals surface area (Å²) in [5.74, 6) is 1.13. The average molecular weight is 211 g/mol. The van der Waals surface area contributed by atoms with Crippen LogP contribution in [0.3, 0.4) is 0 Å². The molecule has 1 aromatic heterocycles. The second-order valence-electron chi connectivity index (χ2n) is 4.23. The van der Waals surface area contributed by atoms with Gasteiger partial charge in [-0.15, -0.1) is 0 Å². The Morgan fingerprint density at radius 2 is 2.40 bits per heavy atom. The predicted octanol–water partition coefficient (Wildman–Crippen LogP) is 1.50. The summed E-state index contributed by atoms with van der Waals surface area (Å²) in [6, 6.07) is 0. The number of ether oxygens (including phenoxy) is 1. The van der Waals surface area contributed by atoms with Crippen LogP contribution >= 0.6 is 0 Å². The molecule has 0 spiro atoms. The fraction of sp³-hybridized carbons (Fsp3) is 0.800. The van der Waals surface area contributed by atoms with E-state index in [9.17, 15) is 0 Å². The van der Waals surface area contributed by atoms with Crippen LogP contribution in [0.4, 0.5) is 0 Å². The number of hydrogen-bond donors (Lipinski definition) is 1. The Bertz CT molecular complexity index is 329. The fourth-order valence-corrected chi connectivity index (χ4v) is 1.53. The Kier molecular flexibility index (Phi) is 2.75. The molecule has 2 N–H and O–H groups in total. The van der Waals surface area contributed by atoms with E-state index in [0.29, 0.717) is 11.7 Å². The number of nitrogens with zero attached hydrogens (tertiary/aromatic N) is 2. The summed E-state index contributed by atoms with van der Waals surface area (Å²) in [6.07, 6.45) is 2.75. The minimum atomic E-state index is -0.514. The zero-order valence-electron chi connectivity index (χ0n) is 9.19. The summed E-state index contributed by atoms with van der Waals surface area (Å²) in [6.45, 7) is 4.68. The van der Waals surface area contributed by atoms with Gasteiger partial charge in [0, 0.05) is 6.61 Å². The molecule has 5 nitrogen and oxygen atoms in total. The first-order valence-corrected chi connectivity index (χ1v) is 5.38. The van der Waals surface area contributed by atoms with Gasteiger partial charge in [-0.05, 0) is 26.2 Å². The molecule has 1 aliphatic rings. The summed E-state index contributed by atoms with van der Waals surface area (Å²) in [4.78, 5) is 4.31. The van der Waals surface area contributed by atoms with Gasteiger partial charge in [0.05, 0.1) is 5.54 Å². The Morgan fingerprint density at radius 3 is 3.00 bits per heavy atom. The number of aromatic nitrogens is 2. The van der Waals surface area contributed by atoms with E-state index in [-0.39, 0.29) is 6.10 Å².